The standard InChI is InChI=1S/C16ClF33O2S/c17-53(51,52)14(44,16(48,49)50)12(40,41)10(36,37)8(32,33)6(28,29)4(24,25)2(20,21)1(18,19)3(22,23)5(26,27)7(30,31)9(34,35)11(38,39)13(42,43)15(45,46)47. The van der Waals surface area contributed by atoms with Crippen LogP contribution in [0.15, 0.2) is 0 Å². The molecule has 0 aromatic carbocycles. The van der Waals surface area contributed by atoms with Crippen LogP contribution in [0.3, 0.4) is 0 Å². The molecule has 37 heteroatoms. The van der Waals surface area contributed by atoms with E-state index < -0.39 is 103 Å². The number of rotatable bonds is 14. The molecule has 320 valence electrons. The molecule has 1 atom stereocenters. The van der Waals surface area contributed by atoms with Gasteiger partial charge in [-0.3, -0.25) is 0 Å². The van der Waals surface area contributed by atoms with Gasteiger partial charge in [0.05, 0.1) is 0 Å². The SMILES string of the molecule is O=S(=O)(Cl)C(F)(C(F)(F)F)C(F)(F)C(F)(F)C(F)(F)C(F)(F)C(F)(F)C(F)(F)C(F)(F)C(F)(F)C(F)(F)C(F)(F)C(F)(F)C(F)(F)C(F)(F)C(F)(F)F. The van der Waals surface area contributed by atoms with Gasteiger partial charge in [-0.25, -0.2) is 12.8 Å². The molecule has 0 spiro atoms. The van der Waals surface area contributed by atoms with Gasteiger partial charge in [0.15, 0.2) is 0 Å². The first kappa shape index (κ1) is 50.9. The van der Waals surface area contributed by atoms with Crippen molar-refractivity contribution in [3.63, 3.8) is 0 Å². The molecule has 0 aromatic heterocycles. The minimum Gasteiger partial charge on any atom is -0.208 e. The van der Waals surface area contributed by atoms with Gasteiger partial charge in [-0.15, -0.1) is 0 Å². The number of hydrogen-bond acceptors (Lipinski definition) is 2. The van der Waals surface area contributed by atoms with E-state index in [1.807, 2.05) is 0 Å². The fourth-order valence-corrected chi connectivity index (χ4v) is 4.28. The second kappa shape index (κ2) is 12.0. The first-order chi connectivity index (χ1) is 22.0. The van der Waals surface area contributed by atoms with Crippen LogP contribution in [-0.2, 0) is 9.05 Å². The Morgan fingerprint density at radius 3 is 0.472 bits per heavy atom. The molecular weight excluding hydrogens is 919 g/mol. The van der Waals surface area contributed by atoms with Crippen LogP contribution in [0.25, 0.3) is 0 Å². The van der Waals surface area contributed by atoms with Crippen molar-refractivity contribution in [2.75, 3.05) is 0 Å². The largest absolute Gasteiger partial charge is 0.460 e. The molecule has 53 heavy (non-hydrogen) atoms. The molecule has 0 saturated heterocycles. The van der Waals surface area contributed by atoms with Crippen LogP contribution >= 0.6 is 10.7 Å². The highest BCUT2D eigenvalue weighted by atomic mass is 35.7. The minimum absolute atomic E-state index is 3.39. The lowest BCUT2D eigenvalue weighted by Gasteiger charge is -2.47. The zero-order chi connectivity index (χ0) is 44.5. The lowest BCUT2D eigenvalue weighted by atomic mass is 9.83. The molecule has 1 unspecified atom stereocenters. The predicted octanol–water partition coefficient (Wildman–Crippen LogP) is 10.6. The first-order valence-corrected chi connectivity index (χ1v) is 13.0. The van der Waals surface area contributed by atoms with Crippen molar-refractivity contribution < 1.29 is 153 Å². The lowest BCUT2D eigenvalue weighted by Crippen LogP contribution is -2.80. The number of hydrogen-bond donors (Lipinski definition) is 0. The van der Waals surface area contributed by atoms with Crippen LogP contribution in [0, 0.1) is 0 Å². The quantitative estimate of drug-likeness (QED) is 0.129. The van der Waals surface area contributed by atoms with E-state index in [1.54, 1.807) is 0 Å². The first-order valence-electron chi connectivity index (χ1n) is 10.7. The van der Waals surface area contributed by atoms with Gasteiger partial charge >= 0.3 is 94.3 Å². The van der Waals surface area contributed by atoms with E-state index >= 15 is 0 Å². The number of alkyl halides is 33. The van der Waals surface area contributed by atoms with Crippen molar-refractivity contribution in [2.45, 2.75) is 94.3 Å². The molecule has 0 bridgehead atoms. The van der Waals surface area contributed by atoms with Gasteiger partial charge in [-0.2, -0.15) is 140 Å². The second-order valence-electron chi connectivity index (χ2n) is 9.50. The highest BCUT2D eigenvalue weighted by Gasteiger charge is 3.02. The van der Waals surface area contributed by atoms with Crippen molar-refractivity contribution >= 4 is 19.7 Å². The van der Waals surface area contributed by atoms with Crippen LogP contribution in [0.1, 0.15) is 0 Å². The summed E-state index contributed by atoms with van der Waals surface area (Å²) in [5.74, 6) is -129. The van der Waals surface area contributed by atoms with Crippen molar-refractivity contribution in [3.8, 4) is 0 Å². The van der Waals surface area contributed by atoms with E-state index in [-0.39, 0.29) is 0 Å². The maximum atomic E-state index is 13.8. The van der Waals surface area contributed by atoms with E-state index in [9.17, 15) is 153 Å². The fraction of sp³-hybridized carbons (Fsp3) is 1.00. The Morgan fingerprint density at radius 1 is 0.226 bits per heavy atom. The second-order valence-corrected chi connectivity index (χ2v) is 12.2. The summed E-state index contributed by atoms with van der Waals surface area (Å²) in [6, 6.07) is 0. The van der Waals surface area contributed by atoms with Crippen LogP contribution < -0.4 is 0 Å². The molecule has 0 aromatic rings. The van der Waals surface area contributed by atoms with Crippen LogP contribution in [-0.4, -0.2) is 103 Å². The summed E-state index contributed by atoms with van der Waals surface area (Å²) in [7, 11) is -5.12. The van der Waals surface area contributed by atoms with Crippen molar-refractivity contribution in [1.82, 2.24) is 0 Å². The molecule has 0 amide bonds. The summed E-state index contributed by atoms with van der Waals surface area (Å²) in [6.07, 6.45) is -16.9. The Morgan fingerprint density at radius 2 is 0.358 bits per heavy atom. The van der Waals surface area contributed by atoms with Crippen molar-refractivity contribution in [3.05, 3.63) is 0 Å². The summed E-state index contributed by atoms with van der Waals surface area (Å²) < 4.78 is 463. The van der Waals surface area contributed by atoms with Gasteiger partial charge in [-0.05, 0) is 0 Å². The monoisotopic (exact) mass is 918 g/mol. The van der Waals surface area contributed by atoms with Gasteiger partial charge in [0.2, 0.25) is 0 Å². The Kier molecular flexibility index (Phi) is 11.5. The number of halogens is 34. The third kappa shape index (κ3) is 5.69. The van der Waals surface area contributed by atoms with Gasteiger partial charge < -0.3 is 0 Å². The fourth-order valence-electron chi connectivity index (χ4n) is 3.02. The topological polar surface area (TPSA) is 34.1 Å². The van der Waals surface area contributed by atoms with E-state index in [0.717, 1.165) is 0 Å². The Bertz CT molecular complexity index is 1480. The molecule has 0 radical (unpaired) electrons. The summed E-state index contributed by atoms with van der Waals surface area (Å²) in [6.45, 7) is 0. The zero-order valence-corrected chi connectivity index (χ0v) is 23.6. The van der Waals surface area contributed by atoms with Crippen LogP contribution in [0.4, 0.5) is 145 Å². The molecule has 0 N–H and O–H groups in total. The Labute approximate surface area is 268 Å². The molecule has 0 rings (SSSR count). The van der Waals surface area contributed by atoms with Gasteiger partial charge in [-0.1, -0.05) is 0 Å². The van der Waals surface area contributed by atoms with Gasteiger partial charge in [0.25, 0.3) is 9.05 Å². The molecule has 0 aliphatic carbocycles. The highest BCUT2D eigenvalue weighted by Crippen LogP contribution is 2.70. The summed E-state index contributed by atoms with van der Waals surface area (Å²) in [4.78, 5) is 0. The average Bonchev–Trinajstić information content (AvgIpc) is 2.88. The van der Waals surface area contributed by atoms with E-state index in [1.165, 1.54) is 0 Å². The molecule has 0 heterocycles. The van der Waals surface area contributed by atoms with E-state index in [0.29, 0.717) is 0 Å². The predicted molar refractivity (Wildman–Crippen MR) is 95.0 cm³/mol. The highest BCUT2D eigenvalue weighted by molar-refractivity contribution is 8.14. The molecule has 0 saturated carbocycles. The minimum atomic E-state index is -10.3. The summed E-state index contributed by atoms with van der Waals surface area (Å²) in [5.41, 5.74) is 0. The zero-order valence-electron chi connectivity index (χ0n) is 22.1. The third-order valence-electron chi connectivity index (χ3n) is 6.19. The Balaban J connectivity index is 7.90. The molecule has 0 aliphatic heterocycles. The molecule has 2 nitrogen and oxygen atoms in total. The summed E-state index contributed by atoms with van der Waals surface area (Å²) in [5, 5.41) is -8.74. The molecule has 0 aliphatic rings. The van der Waals surface area contributed by atoms with Crippen molar-refractivity contribution in [2.24, 2.45) is 0 Å². The van der Waals surface area contributed by atoms with E-state index in [4.69, 9.17) is 0 Å². The van der Waals surface area contributed by atoms with Gasteiger partial charge in [0, 0.05) is 10.7 Å². The van der Waals surface area contributed by atoms with Crippen LogP contribution in [0.2, 0.25) is 0 Å². The normalized spacial score (nSPS) is 18.3. The van der Waals surface area contributed by atoms with E-state index in [2.05, 4.69) is 10.7 Å². The average molecular weight is 919 g/mol. The molecule has 0 fully saturated rings. The molecular formula is C16ClF33O2S. The van der Waals surface area contributed by atoms with Gasteiger partial charge in [0.1, 0.15) is 0 Å². The third-order valence-corrected chi connectivity index (χ3v) is 7.99. The van der Waals surface area contributed by atoms with Crippen molar-refractivity contribution in [1.29, 1.82) is 0 Å². The Hall–Kier alpha value is -2.07. The summed E-state index contributed by atoms with van der Waals surface area (Å²) >= 11 is 0. The maximum Gasteiger partial charge on any atom is 0.460 e. The van der Waals surface area contributed by atoms with Crippen LogP contribution in [0.5, 0.6) is 0 Å². The lowest BCUT2D eigenvalue weighted by molar-refractivity contribution is -0.488. The smallest absolute Gasteiger partial charge is 0.208 e. The maximum absolute atomic E-state index is 13.8.